The van der Waals surface area contributed by atoms with Crippen molar-refractivity contribution in [2.45, 2.75) is 0 Å². The minimum atomic E-state index is -0.950. The van der Waals surface area contributed by atoms with Crippen LogP contribution in [0.4, 0.5) is 0 Å². The number of fused-ring (bicyclic) bond motifs is 1. The van der Waals surface area contributed by atoms with Gasteiger partial charge in [-0.3, -0.25) is 4.40 Å². The summed E-state index contributed by atoms with van der Waals surface area (Å²) in [6.07, 6.45) is 3.45. The minimum Gasteiger partial charge on any atom is -0.478 e. The molecule has 18 heavy (non-hydrogen) atoms. The Bertz CT molecular complexity index is 718. The number of hydrogen-bond acceptors (Lipinski definition) is 4. The number of nitrogens with zero attached hydrogens (tertiary/aromatic N) is 4. The molecule has 0 aliphatic rings. The van der Waals surface area contributed by atoms with Crippen LogP contribution in [0.1, 0.15) is 10.4 Å². The number of carbonyl (C=O) groups is 1. The monoisotopic (exact) mass is 240 g/mol. The van der Waals surface area contributed by atoms with Crippen molar-refractivity contribution in [3.63, 3.8) is 0 Å². The minimum absolute atomic E-state index is 0.241. The number of carboxylic acids is 1. The molecule has 6 heteroatoms. The Morgan fingerprint density at radius 1 is 1.17 bits per heavy atom. The number of aromatic carboxylic acids is 1. The molecule has 0 unspecified atom stereocenters. The third-order valence-electron chi connectivity index (χ3n) is 2.58. The van der Waals surface area contributed by atoms with Gasteiger partial charge in [0.25, 0.3) is 5.78 Å². The Labute approximate surface area is 102 Å². The molecule has 0 saturated carbocycles. The predicted octanol–water partition coefficient (Wildman–Crippen LogP) is 1.49. The van der Waals surface area contributed by atoms with Crippen LogP contribution in [0.3, 0.4) is 0 Å². The van der Waals surface area contributed by atoms with E-state index in [-0.39, 0.29) is 5.56 Å². The van der Waals surface area contributed by atoms with Crippen molar-refractivity contribution in [1.82, 2.24) is 19.6 Å². The molecular formula is C12H8N4O2. The molecule has 0 fully saturated rings. The lowest BCUT2D eigenvalue weighted by atomic mass is 10.1. The van der Waals surface area contributed by atoms with Crippen molar-refractivity contribution in [1.29, 1.82) is 0 Å². The van der Waals surface area contributed by atoms with Gasteiger partial charge >= 0.3 is 5.97 Å². The second-order valence-corrected chi connectivity index (χ2v) is 3.70. The van der Waals surface area contributed by atoms with Crippen LogP contribution in [0.5, 0.6) is 0 Å². The Morgan fingerprint density at radius 3 is 2.67 bits per heavy atom. The van der Waals surface area contributed by atoms with Crippen molar-refractivity contribution in [3.8, 4) is 11.4 Å². The van der Waals surface area contributed by atoms with Crippen molar-refractivity contribution in [3.05, 3.63) is 48.3 Å². The lowest BCUT2D eigenvalue weighted by molar-refractivity contribution is 0.0697. The largest absolute Gasteiger partial charge is 0.478 e. The first-order valence-electron chi connectivity index (χ1n) is 5.25. The fraction of sp³-hybridized carbons (Fsp3) is 0. The second kappa shape index (κ2) is 3.92. The number of aromatic nitrogens is 4. The standard InChI is InChI=1S/C12H8N4O2/c17-11(18)9-4-2-8(3-5-9)10-14-15-12-13-6-1-7-16(10)12/h1-7H,(H,17,18). The maximum absolute atomic E-state index is 10.8. The first-order chi connectivity index (χ1) is 8.75. The van der Waals surface area contributed by atoms with Gasteiger partial charge in [0.15, 0.2) is 5.82 Å². The zero-order chi connectivity index (χ0) is 12.5. The highest BCUT2D eigenvalue weighted by Crippen LogP contribution is 2.17. The van der Waals surface area contributed by atoms with Crippen LogP contribution in [0.25, 0.3) is 17.2 Å². The van der Waals surface area contributed by atoms with E-state index in [4.69, 9.17) is 5.11 Å². The van der Waals surface area contributed by atoms with E-state index in [2.05, 4.69) is 15.2 Å². The van der Waals surface area contributed by atoms with Gasteiger partial charge in [-0.05, 0) is 18.2 Å². The number of benzene rings is 1. The molecule has 1 N–H and O–H groups in total. The third kappa shape index (κ3) is 1.60. The first kappa shape index (κ1) is 10.4. The zero-order valence-corrected chi connectivity index (χ0v) is 9.19. The van der Waals surface area contributed by atoms with Gasteiger partial charge < -0.3 is 5.11 Å². The van der Waals surface area contributed by atoms with Crippen molar-refractivity contribution < 1.29 is 9.90 Å². The van der Waals surface area contributed by atoms with Crippen LogP contribution in [0.2, 0.25) is 0 Å². The number of carboxylic acid groups (broad SMARTS) is 1. The molecule has 1 aromatic carbocycles. The average molecular weight is 240 g/mol. The molecule has 88 valence electrons. The highest BCUT2D eigenvalue weighted by atomic mass is 16.4. The summed E-state index contributed by atoms with van der Waals surface area (Å²) in [6, 6.07) is 8.26. The van der Waals surface area contributed by atoms with Crippen LogP contribution in [0.15, 0.2) is 42.7 Å². The van der Waals surface area contributed by atoms with Gasteiger partial charge in [-0.2, -0.15) is 0 Å². The first-order valence-corrected chi connectivity index (χ1v) is 5.25. The SMILES string of the molecule is O=C(O)c1ccc(-c2nnc3ncccn23)cc1. The van der Waals surface area contributed by atoms with E-state index in [1.807, 2.05) is 6.20 Å². The molecule has 0 saturated heterocycles. The molecule has 0 radical (unpaired) electrons. The predicted molar refractivity (Wildman–Crippen MR) is 63.2 cm³/mol. The van der Waals surface area contributed by atoms with E-state index >= 15 is 0 Å². The number of rotatable bonds is 2. The van der Waals surface area contributed by atoms with Crippen molar-refractivity contribution in [2.24, 2.45) is 0 Å². The molecule has 0 aliphatic carbocycles. The maximum Gasteiger partial charge on any atom is 0.335 e. The summed E-state index contributed by atoms with van der Waals surface area (Å²) in [6.45, 7) is 0. The van der Waals surface area contributed by atoms with Gasteiger partial charge in [0.05, 0.1) is 5.56 Å². The topological polar surface area (TPSA) is 80.4 Å². The Kier molecular flexibility index (Phi) is 2.26. The molecule has 3 rings (SSSR count). The molecule has 0 bridgehead atoms. The van der Waals surface area contributed by atoms with Gasteiger partial charge in [-0.1, -0.05) is 12.1 Å². The summed E-state index contributed by atoms with van der Waals surface area (Å²) >= 11 is 0. The summed E-state index contributed by atoms with van der Waals surface area (Å²) in [5, 5.41) is 16.8. The zero-order valence-electron chi connectivity index (χ0n) is 9.19. The third-order valence-corrected chi connectivity index (χ3v) is 2.58. The second-order valence-electron chi connectivity index (χ2n) is 3.70. The molecule has 3 aromatic rings. The van der Waals surface area contributed by atoms with E-state index in [9.17, 15) is 4.79 Å². The molecule has 6 nitrogen and oxygen atoms in total. The van der Waals surface area contributed by atoms with Gasteiger partial charge in [-0.25, -0.2) is 9.78 Å². The fourth-order valence-electron chi connectivity index (χ4n) is 1.70. The van der Waals surface area contributed by atoms with Crippen LogP contribution in [-0.2, 0) is 0 Å². The van der Waals surface area contributed by atoms with Gasteiger partial charge in [0.1, 0.15) is 0 Å². The highest BCUT2D eigenvalue weighted by Gasteiger charge is 2.09. The van der Waals surface area contributed by atoms with Crippen LogP contribution >= 0.6 is 0 Å². The Hall–Kier alpha value is -2.76. The van der Waals surface area contributed by atoms with E-state index in [1.54, 1.807) is 28.8 Å². The summed E-state index contributed by atoms with van der Waals surface area (Å²) in [5.41, 5.74) is 1.03. The average Bonchev–Trinajstić information content (AvgIpc) is 2.82. The molecule has 2 aromatic heterocycles. The fourth-order valence-corrected chi connectivity index (χ4v) is 1.70. The van der Waals surface area contributed by atoms with Crippen molar-refractivity contribution in [2.75, 3.05) is 0 Å². The van der Waals surface area contributed by atoms with E-state index in [1.165, 1.54) is 12.1 Å². The highest BCUT2D eigenvalue weighted by molar-refractivity contribution is 5.88. The summed E-state index contributed by atoms with van der Waals surface area (Å²) in [4.78, 5) is 14.8. The molecular weight excluding hydrogens is 232 g/mol. The Morgan fingerprint density at radius 2 is 1.94 bits per heavy atom. The molecule has 0 aliphatic heterocycles. The quantitative estimate of drug-likeness (QED) is 0.734. The summed E-state index contributed by atoms with van der Waals surface area (Å²) < 4.78 is 1.75. The number of hydrogen-bond donors (Lipinski definition) is 1. The molecule has 0 atom stereocenters. The van der Waals surface area contributed by atoms with Gasteiger partial charge in [0, 0.05) is 18.0 Å². The molecule has 2 heterocycles. The Balaban J connectivity index is 2.12. The van der Waals surface area contributed by atoms with Crippen LogP contribution in [-0.4, -0.2) is 30.7 Å². The van der Waals surface area contributed by atoms with E-state index in [0.29, 0.717) is 11.6 Å². The normalized spacial score (nSPS) is 10.7. The maximum atomic E-state index is 10.8. The van der Waals surface area contributed by atoms with E-state index < -0.39 is 5.97 Å². The lowest BCUT2D eigenvalue weighted by Gasteiger charge is -2.00. The van der Waals surface area contributed by atoms with Gasteiger partial charge in [-0.15, -0.1) is 10.2 Å². The van der Waals surface area contributed by atoms with Gasteiger partial charge in [0.2, 0.25) is 0 Å². The smallest absolute Gasteiger partial charge is 0.335 e. The summed E-state index contributed by atoms with van der Waals surface area (Å²) in [7, 11) is 0. The van der Waals surface area contributed by atoms with Crippen molar-refractivity contribution >= 4 is 11.7 Å². The van der Waals surface area contributed by atoms with E-state index in [0.717, 1.165) is 5.56 Å². The lowest BCUT2D eigenvalue weighted by Crippen LogP contribution is -1.96. The van der Waals surface area contributed by atoms with Crippen LogP contribution < -0.4 is 0 Å². The van der Waals surface area contributed by atoms with Crippen LogP contribution in [0, 0.1) is 0 Å². The molecule has 0 spiro atoms. The molecule has 0 amide bonds. The summed E-state index contributed by atoms with van der Waals surface area (Å²) in [5.74, 6) is 0.194.